The number of sulfonamides is 1. The fourth-order valence-corrected chi connectivity index (χ4v) is 7.06. The van der Waals surface area contributed by atoms with Crippen LogP contribution < -0.4 is 9.04 Å². The molecular formula is C29H36N2O6S. The molecule has 9 heteroatoms. The third kappa shape index (κ3) is 4.25. The van der Waals surface area contributed by atoms with E-state index in [1.807, 2.05) is 52.9 Å². The summed E-state index contributed by atoms with van der Waals surface area (Å²) in [6.07, 6.45) is 3.74. The summed E-state index contributed by atoms with van der Waals surface area (Å²) in [4.78, 5) is 12.9. The largest absolute Gasteiger partial charge is 0.493 e. The average Bonchev–Trinajstić information content (AvgIpc) is 3.15. The van der Waals surface area contributed by atoms with Crippen molar-refractivity contribution in [2.45, 2.75) is 72.6 Å². The van der Waals surface area contributed by atoms with Gasteiger partial charge in [-0.05, 0) is 93.8 Å². The lowest BCUT2D eigenvalue weighted by atomic mass is 9.83. The van der Waals surface area contributed by atoms with Crippen molar-refractivity contribution in [1.82, 2.24) is 4.57 Å². The number of carbonyl (C=O) groups is 1. The number of hydrogen-bond acceptors (Lipinski definition) is 5. The van der Waals surface area contributed by atoms with Gasteiger partial charge in [-0.15, -0.1) is 0 Å². The Morgan fingerprint density at radius 1 is 1.13 bits per heavy atom. The molecular weight excluding hydrogens is 504 g/mol. The highest BCUT2D eigenvalue weighted by atomic mass is 32.2. The Morgan fingerprint density at radius 2 is 1.84 bits per heavy atom. The minimum atomic E-state index is -3.61. The molecule has 0 saturated carbocycles. The van der Waals surface area contributed by atoms with Crippen molar-refractivity contribution >= 4 is 32.6 Å². The number of carboxylic acids is 1. The maximum Gasteiger partial charge on any atom is 0.337 e. The van der Waals surface area contributed by atoms with Crippen molar-refractivity contribution < 1.29 is 27.8 Å². The number of hydrogen-bond donors (Lipinski definition) is 1. The first kappa shape index (κ1) is 26.6. The van der Waals surface area contributed by atoms with Gasteiger partial charge in [-0.2, -0.15) is 0 Å². The third-order valence-electron chi connectivity index (χ3n) is 7.58. The van der Waals surface area contributed by atoms with Gasteiger partial charge in [-0.25, -0.2) is 13.2 Å². The molecule has 2 aliphatic rings. The molecule has 1 aromatic heterocycles. The number of rotatable bonds is 5. The molecule has 38 heavy (non-hydrogen) atoms. The first-order chi connectivity index (χ1) is 17.7. The quantitative estimate of drug-likeness (QED) is 0.473. The average molecular weight is 541 g/mol. The number of anilines is 1. The predicted octanol–water partition coefficient (Wildman–Crippen LogP) is 5.28. The summed E-state index contributed by atoms with van der Waals surface area (Å²) in [6, 6.07) is 3.97. The SMILES string of the molecule is Cc1c(-c2c(C(OC(C)(C)C)C(=O)O)c(C)c3c4c2c(C)cn4CCN3S(C)(=O)=O)ccc2c1CCCO2. The van der Waals surface area contributed by atoms with Gasteiger partial charge in [0.05, 0.1) is 36.2 Å². The van der Waals surface area contributed by atoms with Crippen LogP contribution in [-0.4, -0.2) is 49.1 Å². The lowest BCUT2D eigenvalue weighted by Crippen LogP contribution is -2.37. The summed E-state index contributed by atoms with van der Waals surface area (Å²) in [5.74, 6) is -0.253. The number of ether oxygens (including phenoxy) is 2. The Bertz CT molecular complexity index is 1580. The minimum Gasteiger partial charge on any atom is -0.493 e. The van der Waals surface area contributed by atoms with E-state index in [1.165, 1.54) is 10.6 Å². The van der Waals surface area contributed by atoms with Crippen molar-refractivity contribution in [3.63, 3.8) is 0 Å². The zero-order valence-corrected chi connectivity index (χ0v) is 24.0. The van der Waals surface area contributed by atoms with Gasteiger partial charge in [-0.3, -0.25) is 4.31 Å². The minimum absolute atomic E-state index is 0.280. The van der Waals surface area contributed by atoms with Gasteiger partial charge in [0.15, 0.2) is 6.10 Å². The van der Waals surface area contributed by atoms with Crippen LogP contribution in [0.1, 0.15) is 61.1 Å². The molecule has 1 atom stereocenters. The highest BCUT2D eigenvalue weighted by molar-refractivity contribution is 7.92. The standard InChI is InChI=1S/C29H36N2O6S/c1-16-15-30-12-13-31(38(7,34)35)25-18(3)23(27(28(32)33)37-29(4,5)6)24(22(16)26(25)30)20-10-11-21-19(17(20)2)9-8-14-36-21/h10-11,15,27H,8-9,12-14H2,1-7H3,(H,32,33). The Labute approximate surface area is 224 Å². The van der Waals surface area contributed by atoms with E-state index in [9.17, 15) is 18.3 Å². The van der Waals surface area contributed by atoms with Gasteiger partial charge in [0, 0.05) is 23.7 Å². The first-order valence-electron chi connectivity index (χ1n) is 13.0. The summed E-state index contributed by atoms with van der Waals surface area (Å²) in [5.41, 5.74) is 6.51. The molecule has 0 spiro atoms. The van der Waals surface area contributed by atoms with Crippen LogP contribution in [0.2, 0.25) is 0 Å². The smallest absolute Gasteiger partial charge is 0.337 e. The monoisotopic (exact) mass is 540 g/mol. The fraction of sp³-hybridized carbons (Fsp3) is 0.483. The van der Waals surface area contributed by atoms with E-state index in [1.54, 1.807) is 0 Å². The van der Waals surface area contributed by atoms with Crippen LogP contribution in [0, 0.1) is 20.8 Å². The number of aromatic nitrogens is 1. The van der Waals surface area contributed by atoms with Crippen molar-refractivity contribution in [3.8, 4) is 16.9 Å². The summed E-state index contributed by atoms with van der Waals surface area (Å²) >= 11 is 0. The van der Waals surface area contributed by atoms with Crippen LogP contribution in [0.4, 0.5) is 5.69 Å². The molecule has 2 aliphatic heterocycles. The van der Waals surface area contributed by atoms with Gasteiger partial charge in [0.1, 0.15) is 5.75 Å². The van der Waals surface area contributed by atoms with Crippen LogP contribution in [-0.2, 0) is 32.5 Å². The molecule has 204 valence electrons. The van der Waals surface area contributed by atoms with Crippen LogP contribution >= 0.6 is 0 Å². The molecule has 2 aromatic carbocycles. The molecule has 1 unspecified atom stereocenters. The van der Waals surface area contributed by atoms with E-state index in [4.69, 9.17) is 9.47 Å². The van der Waals surface area contributed by atoms with E-state index in [2.05, 4.69) is 11.5 Å². The van der Waals surface area contributed by atoms with E-state index in [0.717, 1.165) is 57.3 Å². The van der Waals surface area contributed by atoms with E-state index < -0.39 is 27.7 Å². The van der Waals surface area contributed by atoms with E-state index in [0.29, 0.717) is 30.0 Å². The summed E-state index contributed by atoms with van der Waals surface area (Å²) in [7, 11) is -3.61. The molecule has 1 N–H and O–H groups in total. The lowest BCUT2D eigenvalue weighted by Gasteiger charge is -2.35. The highest BCUT2D eigenvalue weighted by Crippen LogP contribution is 2.50. The molecule has 5 rings (SSSR count). The Hall–Kier alpha value is -3.04. The second kappa shape index (κ2) is 9.02. The number of fused-ring (bicyclic) bond motifs is 1. The van der Waals surface area contributed by atoms with Crippen LogP contribution in [0.3, 0.4) is 0 Å². The van der Waals surface area contributed by atoms with Gasteiger partial charge in [-0.1, -0.05) is 6.07 Å². The molecule has 0 radical (unpaired) electrons. The Balaban J connectivity index is 1.97. The first-order valence-corrected chi connectivity index (χ1v) is 14.9. The zero-order chi connectivity index (χ0) is 27.7. The summed E-state index contributed by atoms with van der Waals surface area (Å²) < 4.78 is 41.6. The number of aliphatic carboxylic acids is 1. The third-order valence-corrected chi connectivity index (χ3v) is 8.74. The maximum absolute atomic E-state index is 13.0. The molecule has 0 aliphatic carbocycles. The topological polar surface area (TPSA) is 98.1 Å². The predicted molar refractivity (Wildman–Crippen MR) is 149 cm³/mol. The van der Waals surface area contributed by atoms with Crippen molar-refractivity contribution in [2.75, 3.05) is 23.7 Å². The number of benzene rings is 2. The van der Waals surface area contributed by atoms with Crippen molar-refractivity contribution in [2.24, 2.45) is 0 Å². The van der Waals surface area contributed by atoms with E-state index in [-0.39, 0.29) is 6.54 Å². The number of nitrogens with zero attached hydrogens (tertiary/aromatic N) is 2. The van der Waals surface area contributed by atoms with Gasteiger partial charge in [0.25, 0.3) is 0 Å². The molecule has 8 nitrogen and oxygen atoms in total. The fourth-order valence-electron chi connectivity index (χ4n) is 6.09. The van der Waals surface area contributed by atoms with Crippen LogP contribution in [0.5, 0.6) is 5.75 Å². The van der Waals surface area contributed by atoms with E-state index >= 15 is 0 Å². The zero-order valence-electron chi connectivity index (χ0n) is 23.1. The normalized spacial score (nSPS) is 16.3. The molecule has 0 fully saturated rings. The summed E-state index contributed by atoms with van der Waals surface area (Å²) in [5, 5.41) is 11.4. The van der Waals surface area contributed by atoms with Crippen molar-refractivity contribution in [3.05, 3.63) is 46.1 Å². The highest BCUT2D eigenvalue weighted by Gasteiger charge is 2.38. The molecule has 0 bridgehead atoms. The summed E-state index contributed by atoms with van der Waals surface area (Å²) in [6.45, 7) is 12.8. The Kier molecular flexibility index (Phi) is 6.30. The van der Waals surface area contributed by atoms with Gasteiger partial charge >= 0.3 is 5.97 Å². The van der Waals surface area contributed by atoms with Gasteiger partial charge in [0.2, 0.25) is 10.0 Å². The molecule has 3 heterocycles. The second-order valence-corrected chi connectivity index (χ2v) is 13.3. The van der Waals surface area contributed by atoms with Crippen LogP contribution in [0.25, 0.3) is 22.0 Å². The lowest BCUT2D eigenvalue weighted by molar-refractivity contribution is -0.160. The van der Waals surface area contributed by atoms with Gasteiger partial charge < -0.3 is 19.1 Å². The van der Waals surface area contributed by atoms with Crippen LogP contribution in [0.15, 0.2) is 18.3 Å². The number of aryl methyl sites for hydroxylation is 1. The molecule has 0 saturated heterocycles. The van der Waals surface area contributed by atoms with Crippen molar-refractivity contribution in [1.29, 1.82) is 0 Å². The second-order valence-electron chi connectivity index (χ2n) is 11.4. The maximum atomic E-state index is 13.0. The molecule has 3 aromatic rings. The number of carboxylic acid groups (broad SMARTS) is 1. The Morgan fingerprint density at radius 3 is 2.47 bits per heavy atom. The molecule has 0 amide bonds.